The minimum absolute atomic E-state index is 0. The summed E-state index contributed by atoms with van der Waals surface area (Å²) in [6.07, 6.45) is 5.11. The zero-order valence-corrected chi connectivity index (χ0v) is 11.8. The second-order valence-corrected chi connectivity index (χ2v) is 4.24. The molecule has 0 saturated heterocycles. The van der Waals surface area contributed by atoms with Gasteiger partial charge in [0.2, 0.25) is 5.28 Å². The zero-order chi connectivity index (χ0) is 11.4. The Hall–Kier alpha value is -0.910. The molecule has 2 rings (SSSR count). The van der Waals surface area contributed by atoms with Gasteiger partial charge in [-0.15, -0.1) is 12.4 Å². The number of halogens is 3. The number of rotatable bonds is 3. The predicted molar refractivity (Wildman–Crippen MR) is 73.6 cm³/mol. The number of aromatic nitrogens is 3. The van der Waals surface area contributed by atoms with Crippen LogP contribution in [0.1, 0.15) is 5.56 Å². The maximum Gasteiger partial charge on any atom is 0.224 e. The highest BCUT2D eigenvalue weighted by atomic mass is 79.9. The van der Waals surface area contributed by atoms with Crippen molar-refractivity contribution >= 4 is 45.8 Å². The Balaban J connectivity index is 0.00000144. The van der Waals surface area contributed by atoms with Gasteiger partial charge in [-0.05, 0) is 45.2 Å². The van der Waals surface area contributed by atoms with E-state index in [2.05, 4.69) is 36.2 Å². The SMILES string of the molecule is Cl.Clc1ncc(Br)c(NCc2ccncc2)n1. The third kappa shape index (κ3) is 4.11. The molecular weight excluding hydrogens is 327 g/mol. The molecule has 1 N–H and O–H groups in total. The maximum atomic E-state index is 5.71. The largest absolute Gasteiger partial charge is 0.365 e. The molecule has 17 heavy (non-hydrogen) atoms. The van der Waals surface area contributed by atoms with Crippen LogP contribution in [0, 0.1) is 0 Å². The fourth-order valence-electron chi connectivity index (χ4n) is 1.16. The number of nitrogens with one attached hydrogen (secondary N) is 1. The van der Waals surface area contributed by atoms with Crippen LogP contribution in [-0.2, 0) is 6.54 Å². The van der Waals surface area contributed by atoms with E-state index in [0.29, 0.717) is 12.4 Å². The van der Waals surface area contributed by atoms with Gasteiger partial charge in [0.1, 0.15) is 5.82 Å². The molecule has 0 aliphatic rings. The Morgan fingerprint density at radius 1 is 1.29 bits per heavy atom. The van der Waals surface area contributed by atoms with Gasteiger partial charge >= 0.3 is 0 Å². The molecule has 0 aliphatic heterocycles. The summed E-state index contributed by atoms with van der Waals surface area (Å²) in [5.74, 6) is 0.678. The first-order valence-electron chi connectivity index (χ1n) is 4.56. The van der Waals surface area contributed by atoms with Crippen molar-refractivity contribution in [3.8, 4) is 0 Å². The molecule has 90 valence electrons. The van der Waals surface area contributed by atoms with Crippen LogP contribution >= 0.6 is 39.9 Å². The van der Waals surface area contributed by atoms with Gasteiger partial charge in [0.05, 0.1) is 4.47 Å². The topological polar surface area (TPSA) is 50.7 Å². The molecule has 0 spiro atoms. The minimum Gasteiger partial charge on any atom is -0.365 e. The van der Waals surface area contributed by atoms with E-state index in [1.165, 1.54) is 0 Å². The van der Waals surface area contributed by atoms with Crippen LogP contribution in [0.4, 0.5) is 5.82 Å². The van der Waals surface area contributed by atoms with Crippen LogP contribution < -0.4 is 5.32 Å². The lowest BCUT2D eigenvalue weighted by Crippen LogP contribution is -2.02. The van der Waals surface area contributed by atoms with Crippen molar-refractivity contribution in [2.24, 2.45) is 0 Å². The van der Waals surface area contributed by atoms with Crippen LogP contribution in [0.25, 0.3) is 0 Å². The lowest BCUT2D eigenvalue weighted by Gasteiger charge is -2.06. The maximum absolute atomic E-state index is 5.71. The first-order chi connectivity index (χ1) is 7.75. The van der Waals surface area contributed by atoms with E-state index in [4.69, 9.17) is 11.6 Å². The van der Waals surface area contributed by atoms with Gasteiger partial charge in [0, 0.05) is 25.1 Å². The Morgan fingerprint density at radius 3 is 2.71 bits per heavy atom. The molecule has 0 unspecified atom stereocenters. The van der Waals surface area contributed by atoms with Gasteiger partial charge in [-0.2, -0.15) is 4.98 Å². The third-order valence-electron chi connectivity index (χ3n) is 1.92. The smallest absolute Gasteiger partial charge is 0.224 e. The van der Waals surface area contributed by atoms with Crippen molar-refractivity contribution in [3.05, 3.63) is 46.0 Å². The van der Waals surface area contributed by atoms with Gasteiger partial charge in [-0.25, -0.2) is 4.98 Å². The normalized spacial score (nSPS) is 9.53. The lowest BCUT2D eigenvalue weighted by molar-refractivity contribution is 1.06. The molecule has 2 aromatic heterocycles. The van der Waals surface area contributed by atoms with Gasteiger partial charge in [0.25, 0.3) is 0 Å². The summed E-state index contributed by atoms with van der Waals surface area (Å²) in [5, 5.41) is 3.38. The van der Waals surface area contributed by atoms with Crippen molar-refractivity contribution in [3.63, 3.8) is 0 Å². The molecule has 0 aromatic carbocycles. The number of anilines is 1. The standard InChI is InChI=1S/C10H8BrClN4.ClH/c11-8-6-15-10(12)16-9(8)14-5-7-1-3-13-4-2-7;/h1-4,6H,5H2,(H,14,15,16);1H. The summed E-state index contributed by atoms with van der Waals surface area (Å²) in [6.45, 7) is 0.661. The Labute approximate surface area is 118 Å². The van der Waals surface area contributed by atoms with Crippen molar-refractivity contribution in [1.82, 2.24) is 15.0 Å². The average Bonchev–Trinajstić information content (AvgIpc) is 2.32. The van der Waals surface area contributed by atoms with E-state index in [1.807, 2.05) is 12.1 Å². The van der Waals surface area contributed by atoms with Crippen LogP contribution in [0.5, 0.6) is 0 Å². The van der Waals surface area contributed by atoms with Crippen LogP contribution in [-0.4, -0.2) is 15.0 Å². The fourth-order valence-corrected chi connectivity index (χ4v) is 1.62. The average molecular weight is 336 g/mol. The van der Waals surface area contributed by atoms with Crippen molar-refractivity contribution in [2.45, 2.75) is 6.54 Å². The van der Waals surface area contributed by atoms with E-state index in [0.717, 1.165) is 10.0 Å². The highest BCUT2D eigenvalue weighted by molar-refractivity contribution is 9.10. The summed E-state index contributed by atoms with van der Waals surface area (Å²) in [5.41, 5.74) is 1.12. The second kappa shape index (κ2) is 6.74. The van der Waals surface area contributed by atoms with E-state index in [1.54, 1.807) is 18.6 Å². The van der Waals surface area contributed by atoms with Gasteiger partial charge in [0.15, 0.2) is 0 Å². The molecule has 0 aliphatic carbocycles. The monoisotopic (exact) mass is 334 g/mol. The van der Waals surface area contributed by atoms with Crippen LogP contribution in [0.3, 0.4) is 0 Å². The third-order valence-corrected chi connectivity index (χ3v) is 2.69. The summed E-state index contributed by atoms with van der Waals surface area (Å²) in [7, 11) is 0. The van der Waals surface area contributed by atoms with Gasteiger partial charge in [-0.3, -0.25) is 4.98 Å². The highest BCUT2D eigenvalue weighted by Crippen LogP contribution is 2.20. The van der Waals surface area contributed by atoms with E-state index >= 15 is 0 Å². The lowest BCUT2D eigenvalue weighted by atomic mass is 10.3. The highest BCUT2D eigenvalue weighted by Gasteiger charge is 2.02. The van der Waals surface area contributed by atoms with Gasteiger partial charge in [-0.1, -0.05) is 0 Å². The molecule has 0 amide bonds. The van der Waals surface area contributed by atoms with Gasteiger partial charge < -0.3 is 5.32 Å². The Kier molecular flexibility index (Phi) is 5.61. The first kappa shape index (κ1) is 14.2. The van der Waals surface area contributed by atoms with Crippen molar-refractivity contribution < 1.29 is 0 Å². The van der Waals surface area contributed by atoms with E-state index in [9.17, 15) is 0 Å². The molecule has 2 heterocycles. The van der Waals surface area contributed by atoms with Crippen LogP contribution in [0.15, 0.2) is 35.2 Å². The molecule has 4 nitrogen and oxygen atoms in total. The predicted octanol–water partition coefficient (Wildman–Crippen LogP) is 3.32. The van der Waals surface area contributed by atoms with E-state index in [-0.39, 0.29) is 17.7 Å². The Morgan fingerprint density at radius 2 is 2.00 bits per heavy atom. The quantitative estimate of drug-likeness (QED) is 0.874. The van der Waals surface area contributed by atoms with Crippen LogP contribution in [0.2, 0.25) is 5.28 Å². The molecule has 0 saturated carbocycles. The zero-order valence-electron chi connectivity index (χ0n) is 8.60. The second-order valence-electron chi connectivity index (χ2n) is 3.04. The van der Waals surface area contributed by atoms with E-state index < -0.39 is 0 Å². The molecule has 2 aromatic rings. The molecular formula is C10H9BrCl2N4. The molecule has 0 radical (unpaired) electrons. The number of hydrogen-bond donors (Lipinski definition) is 1. The number of nitrogens with zero attached hydrogens (tertiary/aromatic N) is 3. The number of hydrogen-bond acceptors (Lipinski definition) is 4. The summed E-state index contributed by atoms with van der Waals surface area (Å²) in [4.78, 5) is 11.9. The van der Waals surface area contributed by atoms with Crippen molar-refractivity contribution in [1.29, 1.82) is 0 Å². The van der Waals surface area contributed by atoms with Crippen molar-refractivity contribution in [2.75, 3.05) is 5.32 Å². The summed E-state index contributed by atoms with van der Waals surface area (Å²) in [6, 6.07) is 3.87. The number of pyridine rings is 1. The summed E-state index contributed by atoms with van der Waals surface area (Å²) >= 11 is 9.05. The Bertz CT molecular complexity index is 481. The molecule has 0 atom stereocenters. The molecule has 0 bridgehead atoms. The molecule has 0 fully saturated rings. The summed E-state index contributed by atoms with van der Waals surface area (Å²) < 4.78 is 0.783. The minimum atomic E-state index is 0. The first-order valence-corrected chi connectivity index (χ1v) is 5.73. The molecule has 7 heteroatoms. The fraction of sp³-hybridized carbons (Fsp3) is 0.100.